The van der Waals surface area contributed by atoms with Crippen molar-refractivity contribution in [1.82, 2.24) is 0 Å². The number of hydrogen-bond donors (Lipinski definition) is 2. The first-order valence-electron chi connectivity index (χ1n) is 21.2. The fourth-order valence-electron chi connectivity index (χ4n) is 9.04. The molecule has 0 spiro atoms. The minimum absolute atomic E-state index is 0.687. The molecule has 0 fully saturated rings. The van der Waals surface area contributed by atoms with Gasteiger partial charge in [0.05, 0.1) is 0 Å². The SMILES string of the molecule is OC1(C#CC2=C(C#CC3(O)c4ccccc4Sc4ccccc43)C(=C(c3ccccc3)c3ccccc3)C2=C(c2ccccc2)c2ccccc2)c2ccccc2Sc2ccccc21. The quantitative estimate of drug-likeness (QED) is 0.173. The zero-order chi connectivity index (χ0) is 43.1. The summed E-state index contributed by atoms with van der Waals surface area (Å²) in [6.07, 6.45) is 0. The van der Waals surface area contributed by atoms with Crippen LogP contribution in [0.2, 0.25) is 0 Å². The van der Waals surface area contributed by atoms with Gasteiger partial charge in [-0.2, -0.15) is 0 Å². The fraction of sp³-hybridized carbons (Fsp3) is 0.0333. The summed E-state index contributed by atoms with van der Waals surface area (Å²) in [5.41, 5.74) is 8.94. The van der Waals surface area contributed by atoms with Crippen LogP contribution in [0.5, 0.6) is 0 Å². The van der Waals surface area contributed by atoms with Gasteiger partial charge in [0.15, 0.2) is 11.2 Å². The van der Waals surface area contributed by atoms with Crippen LogP contribution in [0.4, 0.5) is 0 Å². The van der Waals surface area contributed by atoms with Crippen LogP contribution in [0.15, 0.2) is 260 Å². The molecule has 4 heteroatoms. The van der Waals surface area contributed by atoms with Gasteiger partial charge in [0, 0.05) is 64.1 Å². The summed E-state index contributed by atoms with van der Waals surface area (Å²) in [5, 5.41) is 26.2. The average Bonchev–Trinajstić information content (AvgIpc) is 3.35. The Labute approximate surface area is 382 Å². The fourth-order valence-corrected chi connectivity index (χ4v) is 11.4. The molecular weight excluding hydrogens is 817 g/mol. The van der Waals surface area contributed by atoms with Crippen molar-refractivity contribution in [2.24, 2.45) is 0 Å². The highest BCUT2D eigenvalue weighted by Gasteiger charge is 2.42. The zero-order valence-electron chi connectivity index (χ0n) is 34.5. The lowest BCUT2D eigenvalue weighted by Crippen LogP contribution is -2.30. The topological polar surface area (TPSA) is 40.5 Å². The largest absolute Gasteiger partial charge is 0.369 e. The van der Waals surface area contributed by atoms with Crippen LogP contribution >= 0.6 is 23.5 Å². The smallest absolute Gasteiger partial charge is 0.179 e. The van der Waals surface area contributed by atoms with Crippen LogP contribution in [0.1, 0.15) is 44.5 Å². The monoisotopic (exact) mass is 854 g/mol. The molecule has 0 bridgehead atoms. The zero-order valence-corrected chi connectivity index (χ0v) is 36.1. The van der Waals surface area contributed by atoms with Crippen molar-refractivity contribution in [2.75, 3.05) is 0 Å². The van der Waals surface area contributed by atoms with E-state index in [1.54, 1.807) is 23.5 Å². The lowest BCUT2D eigenvalue weighted by molar-refractivity contribution is 0.137. The van der Waals surface area contributed by atoms with E-state index in [0.29, 0.717) is 11.1 Å². The van der Waals surface area contributed by atoms with Crippen molar-refractivity contribution >= 4 is 34.7 Å². The van der Waals surface area contributed by atoms with Gasteiger partial charge in [-0.25, -0.2) is 0 Å². The normalized spacial score (nSPS) is 14.8. The van der Waals surface area contributed by atoms with Crippen molar-refractivity contribution in [3.8, 4) is 23.7 Å². The molecule has 2 N–H and O–H groups in total. The highest BCUT2D eigenvalue weighted by Crippen LogP contribution is 2.53. The molecular formula is C60H38O2S2. The molecule has 0 radical (unpaired) electrons. The lowest BCUT2D eigenvalue weighted by atomic mass is 9.68. The number of hydrogen-bond acceptors (Lipinski definition) is 4. The van der Waals surface area contributed by atoms with Crippen molar-refractivity contribution in [3.05, 3.63) is 285 Å². The second-order valence-corrected chi connectivity index (χ2v) is 18.0. The van der Waals surface area contributed by atoms with E-state index in [0.717, 1.165) is 86.4 Å². The third-order valence-corrected chi connectivity index (χ3v) is 14.3. The molecule has 302 valence electrons. The Hall–Kier alpha value is -7.28. The second-order valence-electron chi connectivity index (χ2n) is 15.8. The Morgan fingerprint density at radius 3 is 0.812 bits per heavy atom. The van der Waals surface area contributed by atoms with E-state index >= 15 is 0 Å². The van der Waals surface area contributed by atoms with Gasteiger partial charge in [0.1, 0.15) is 0 Å². The summed E-state index contributed by atoms with van der Waals surface area (Å²) in [4.78, 5) is 3.82. The van der Waals surface area contributed by atoms with Crippen molar-refractivity contribution < 1.29 is 10.2 Å². The number of aliphatic hydroxyl groups is 2. The molecule has 0 atom stereocenters. The molecule has 2 nitrogen and oxygen atoms in total. The Morgan fingerprint density at radius 2 is 0.547 bits per heavy atom. The molecule has 3 aliphatic rings. The van der Waals surface area contributed by atoms with Crippen LogP contribution in [-0.4, -0.2) is 10.2 Å². The first-order chi connectivity index (χ1) is 31.5. The highest BCUT2D eigenvalue weighted by atomic mass is 32.2. The molecule has 1 aliphatic carbocycles. The number of benzene rings is 8. The Kier molecular flexibility index (Phi) is 10.2. The molecule has 8 aromatic rings. The molecule has 2 heterocycles. The number of fused-ring (bicyclic) bond motifs is 4. The van der Waals surface area contributed by atoms with E-state index in [4.69, 9.17) is 0 Å². The third kappa shape index (κ3) is 6.77. The maximum absolute atomic E-state index is 13.1. The van der Waals surface area contributed by atoms with Gasteiger partial charge < -0.3 is 10.2 Å². The first kappa shape index (κ1) is 39.6. The summed E-state index contributed by atoms with van der Waals surface area (Å²) in [5.74, 6) is 14.3. The van der Waals surface area contributed by atoms with Gasteiger partial charge in [0.25, 0.3) is 0 Å². The van der Waals surface area contributed by atoms with Gasteiger partial charge in [-0.15, -0.1) is 0 Å². The van der Waals surface area contributed by atoms with Crippen LogP contribution < -0.4 is 0 Å². The van der Waals surface area contributed by atoms with Crippen LogP contribution in [0.25, 0.3) is 11.1 Å². The Morgan fingerprint density at radius 1 is 0.312 bits per heavy atom. The summed E-state index contributed by atoms with van der Waals surface area (Å²) in [6.45, 7) is 0. The molecule has 0 aromatic heterocycles. The van der Waals surface area contributed by atoms with Crippen LogP contribution in [-0.2, 0) is 11.2 Å². The molecule has 0 saturated heterocycles. The lowest BCUT2D eigenvalue weighted by Gasteiger charge is -2.34. The number of allylic oxidation sites excluding steroid dienone is 4. The molecule has 2 aliphatic heterocycles. The third-order valence-electron chi connectivity index (χ3n) is 12.0. The minimum atomic E-state index is -1.63. The van der Waals surface area contributed by atoms with Gasteiger partial charge in [0.2, 0.25) is 0 Å². The molecule has 64 heavy (non-hydrogen) atoms. The standard InChI is InChI=1S/C60H38O2S2/c61-59(47-29-13-17-33-51(47)63-52-34-18-14-30-48(52)59)39-37-45-46(38-40-60(62)49-31-15-19-35-53(49)64-54-36-20-16-32-50(54)60)58(56(43-25-9-3-10-26-43)44-27-11-4-12-28-44)57(45)55(41-21-5-1-6-22-41)42-23-7-2-8-24-42/h1-36,61-62H. The van der Waals surface area contributed by atoms with Gasteiger partial charge in [-0.05, 0) is 57.7 Å². The second kappa shape index (κ2) is 16.4. The summed E-state index contributed by atoms with van der Waals surface area (Å²) in [6, 6.07) is 73.6. The predicted molar refractivity (Wildman–Crippen MR) is 260 cm³/mol. The average molecular weight is 855 g/mol. The number of rotatable bonds is 4. The van der Waals surface area contributed by atoms with Crippen LogP contribution in [0, 0.1) is 23.7 Å². The van der Waals surface area contributed by atoms with Gasteiger partial charge >= 0.3 is 0 Å². The van der Waals surface area contributed by atoms with Crippen LogP contribution in [0.3, 0.4) is 0 Å². The highest BCUT2D eigenvalue weighted by molar-refractivity contribution is 7.99. The first-order valence-corrected chi connectivity index (χ1v) is 22.8. The summed E-state index contributed by atoms with van der Waals surface area (Å²) in [7, 11) is 0. The van der Waals surface area contributed by atoms with Crippen molar-refractivity contribution in [2.45, 2.75) is 30.8 Å². The minimum Gasteiger partial charge on any atom is -0.369 e. The van der Waals surface area contributed by atoms with E-state index in [2.05, 4.69) is 121 Å². The predicted octanol–water partition coefficient (Wildman–Crippen LogP) is 13.1. The van der Waals surface area contributed by atoms with E-state index in [9.17, 15) is 10.2 Å². The van der Waals surface area contributed by atoms with E-state index in [1.165, 1.54) is 0 Å². The van der Waals surface area contributed by atoms with E-state index in [1.807, 2.05) is 121 Å². The summed E-state index contributed by atoms with van der Waals surface area (Å²) >= 11 is 3.29. The van der Waals surface area contributed by atoms with Crippen molar-refractivity contribution in [3.63, 3.8) is 0 Å². The maximum atomic E-state index is 13.1. The Balaban J connectivity index is 1.29. The summed E-state index contributed by atoms with van der Waals surface area (Å²) < 4.78 is 0. The van der Waals surface area contributed by atoms with Gasteiger partial charge in [-0.3, -0.25) is 0 Å². The maximum Gasteiger partial charge on any atom is 0.179 e. The molecule has 8 aromatic carbocycles. The van der Waals surface area contributed by atoms with Gasteiger partial charge in [-0.1, -0.05) is 241 Å². The van der Waals surface area contributed by atoms with E-state index < -0.39 is 11.2 Å². The Bertz CT molecular complexity index is 2940. The van der Waals surface area contributed by atoms with E-state index in [-0.39, 0.29) is 0 Å². The molecule has 11 rings (SSSR count). The van der Waals surface area contributed by atoms with Crippen molar-refractivity contribution in [1.29, 1.82) is 0 Å². The molecule has 0 unspecified atom stereocenters. The molecule has 0 saturated carbocycles. The molecule has 0 amide bonds.